The summed E-state index contributed by atoms with van der Waals surface area (Å²) < 4.78 is 5.39. The second-order valence-corrected chi connectivity index (χ2v) is 4.07. The van der Waals surface area contributed by atoms with Crippen molar-refractivity contribution in [3.63, 3.8) is 0 Å². The Morgan fingerprint density at radius 3 is 3.06 bits per heavy atom. The Hall–Kier alpha value is -2.20. The third kappa shape index (κ3) is 2.38. The van der Waals surface area contributed by atoms with Crippen LogP contribution in [0.25, 0.3) is 0 Å². The van der Waals surface area contributed by atoms with E-state index in [1.807, 2.05) is 13.0 Å². The van der Waals surface area contributed by atoms with Crippen LogP contribution >= 0.6 is 0 Å². The van der Waals surface area contributed by atoms with Gasteiger partial charge in [-0.1, -0.05) is 0 Å². The normalized spacial score (nSPS) is 22.4. The van der Waals surface area contributed by atoms with Gasteiger partial charge in [0.1, 0.15) is 23.6 Å². The Balaban J connectivity index is 2.23. The van der Waals surface area contributed by atoms with E-state index in [4.69, 9.17) is 10.00 Å². The van der Waals surface area contributed by atoms with Crippen molar-refractivity contribution in [1.29, 1.82) is 5.26 Å². The molecule has 1 aromatic rings. The zero-order valence-corrected chi connectivity index (χ0v) is 9.79. The van der Waals surface area contributed by atoms with Crippen LogP contribution in [0.1, 0.15) is 18.9 Å². The van der Waals surface area contributed by atoms with E-state index in [-0.39, 0.29) is 23.4 Å². The molecule has 0 bridgehead atoms. The van der Waals surface area contributed by atoms with E-state index in [1.54, 1.807) is 0 Å². The summed E-state index contributed by atoms with van der Waals surface area (Å²) in [5.41, 5.74) is -0.0175. The highest BCUT2D eigenvalue weighted by Gasteiger charge is 2.25. The quantitative estimate of drug-likeness (QED) is 0.641. The maximum Gasteiger partial charge on any atom is 0.289 e. The van der Waals surface area contributed by atoms with Crippen molar-refractivity contribution in [3.05, 3.63) is 27.9 Å². The number of hydrogen-bond acceptors (Lipinski definition) is 6. The molecular formula is C11H12N4O3. The Labute approximate surface area is 104 Å². The standard InChI is InChI=1S/C11H12N4O3/c1-7-10(2-3-18-7)14-11-8(5-12)4-9(6-13-11)15(16)17/h4,6-7,10H,2-3H2,1H3,(H,13,14). The van der Waals surface area contributed by atoms with Crippen molar-refractivity contribution < 1.29 is 9.66 Å². The minimum absolute atomic E-state index is 0.0357. The number of aromatic nitrogens is 1. The van der Waals surface area contributed by atoms with Crippen molar-refractivity contribution >= 4 is 11.5 Å². The van der Waals surface area contributed by atoms with Gasteiger partial charge in [-0.25, -0.2) is 4.98 Å². The molecule has 94 valence electrons. The molecule has 1 aromatic heterocycles. The van der Waals surface area contributed by atoms with Gasteiger partial charge in [0.05, 0.1) is 17.1 Å². The highest BCUT2D eigenvalue weighted by atomic mass is 16.6. The summed E-state index contributed by atoms with van der Waals surface area (Å²) >= 11 is 0. The molecule has 7 heteroatoms. The van der Waals surface area contributed by atoms with Crippen molar-refractivity contribution in [3.8, 4) is 6.07 Å². The van der Waals surface area contributed by atoms with E-state index >= 15 is 0 Å². The van der Waals surface area contributed by atoms with Gasteiger partial charge in [-0.3, -0.25) is 10.1 Å². The number of nitrogens with one attached hydrogen (secondary N) is 1. The van der Waals surface area contributed by atoms with Crippen LogP contribution in [0.15, 0.2) is 12.3 Å². The summed E-state index contributed by atoms with van der Waals surface area (Å²) in [6.07, 6.45) is 2.00. The van der Waals surface area contributed by atoms with Crippen LogP contribution in [0.5, 0.6) is 0 Å². The summed E-state index contributed by atoms with van der Waals surface area (Å²) in [6.45, 7) is 2.59. The predicted molar refractivity (Wildman–Crippen MR) is 63.0 cm³/mol. The van der Waals surface area contributed by atoms with E-state index in [1.165, 1.54) is 6.07 Å². The van der Waals surface area contributed by atoms with E-state index in [0.717, 1.165) is 12.6 Å². The van der Waals surface area contributed by atoms with Gasteiger partial charge in [-0.05, 0) is 13.3 Å². The second kappa shape index (κ2) is 4.98. The largest absolute Gasteiger partial charge is 0.376 e. The van der Waals surface area contributed by atoms with E-state index in [0.29, 0.717) is 12.4 Å². The minimum atomic E-state index is -0.571. The lowest BCUT2D eigenvalue weighted by Gasteiger charge is -2.17. The molecule has 7 nitrogen and oxygen atoms in total. The molecule has 0 aliphatic carbocycles. The molecule has 1 aliphatic rings. The maximum absolute atomic E-state index is 10.6. The zero-order chi connectivity index (χ0) is 13.1. The zero-order valence-electron chi connectivity index (χ0n) is 9.79. The number of pyridine rings is 1. The van der Waals surface area contributed by atoms with Gasteiger partial charge >= 0.3 is 0 Å². The molecule has 0 spiro atoms. The molecule has 1 saturated heterocycles. The van der Waals surface area contributed by atoms with Gasteiger partial charge in [0.25, 0.3) is 5.69 Å². The fourth-order valence-electron chi connectivity index (χ4n) is 1.85. The smallest absolute Gasteiger partial charge is 0.289 e. The van der Waals surface area contributed by atoms with Gasteiger partial charge in [-0.2, -0.15) is 5.26 Å². The van der Waals surface area contributed by atoms with Gasteiger partial charge in [0.15, 0.2) is 0 Å². The van der Waals surface area contributed by atoms with Gasteiger partial charge in [0, 0.05) is 12.7 Å². The molecule has 2 unspecified atom stereocenters. The third-order valence-corrected chi connectivity index (χ3v) is 2.90. The van der Waals surface area contributed by atoms with E-state index < -0.39 is 4.92 Å². The van der Waals surface area contributed by atoms with Gasteiger partial charge in [0.2, 0.25) is 0 Å². The average molecular weight is 248 g/mol. The minimum Gasteiger partial charge on any atom is -0.376 e. The lowest BCUT2D eigenvalue weighted by Crippen LogP contribution is -2.27. The number of nitrogens with zero attached hydrogens (tertiary/aromatic N) is 3. The van der Waals surface area contributed by atoms with Crippen LogP contribution in [0.3, 0.4) is 0 Å². The second-order valence-electron chi connectivity index (χ2n) is 4.07. The molecule has 0 aromatic carbocycles. The highest BCUT2D eigenvalue weighted by molar-refractivity contribution is 5.56. The fourth-order valence-corrected chi connectivity index (χ4v) is 1.85. The Kier molecular flexibility index (Phi) is 3.39. The first-order valence-corrected chi connectivity index (χ1v) is 5.54. The van der Waals surface area contributed by atoms with Crippen LogP contribution in [0.2, 0.25) is 0 Å². The molecule has 2 atom stereocenters. The first-order valence-electron chi connectivity index (χ1n) is 5.54. The number of hydrogen-bond donors (Lipinski definition) is 1. The Bertz CT molecular complexity index is 512. The first kappa shape index (κ1) is 12.3. The molecule has 1 N–H and O–H groups in total. The van der Waals surface area contributed by atoms with Crippen molar-refractivity contribution in [2.24, 2.45) is 0 Å². The number of rotatable bonds is 3. The summed E-state index contributed by atoms with van der Waals surface area (Å²) in [6, 6.07) is 3.20. The molecule has 1 aliphatic heterocycles. The Morgan fingerprint density at radius 1 is 1.72 bits per heavy atom. The third-order valence-electron chi connectivity index (χ3n) is 2.90. The van der Waals surface area contributed by atoms with Crippen LogP contribution in [0, 0.1) is 21.4 Å². The molecule has 2 heterocycles. The van der Waals surface area contributed by atoms with Crippen LogP contribution < -0.4 is 5.32 Å². The van der Waals surface area contributed by atoms with Crippen LogP contribution in [-0.4, -0.2) is 28.7 Å². The molecule has 18 heavy (non-hydrogen) atoms. The molecule has 0 radical (unpaired) electrons. The van der Waals surface area contributed by atoms with E-state index in [9.17, 15) is 10.1 Å². The van der Waals surface area contributed by atoms with Crippen molar-refractivity contribution in [2.75, 3.05) is 11.9 Å². The Morgan fingerprint density at radius 2 is 2.50 bits per heavy atom. The van der Waals surface area contributed by atoms with Gasteiger partial charge < -0.3 is 10.1 Å². The van der Waals surface area contributed by atoms with Crippen molar-refractivity contribution in [2.45, 2.75) is 25.5 Å². The van der Waals surface area contributed by atoms with Gasteiger partial charge in [-0.15, -0.1) is 0 Å². The maximum atomic E-state index is 10.6. The predicted octanol–water partition coefficient (Wildman–Crippen LogP) is 1.45. The number of nitriles is 1. The monoisotopic (exact) mass is 248 g/mol. The highest BCUT2D eigenvalue weighted by Crippen LogP contribution is 2.22. The molecule has 0 saturated carbocycles. The molecular weight excluding hydrogens is 236 g/mol. The summed E-state index contributed by atoms with van der Waals surface area (Å²) in [5.74, 6) is 0.366. The molecule has 1 fully saturated rings. The summed E-state index contributed by atoms with van der Waals surface area (Å²) in [5, 5.41) is 22.7. The SMILES string of the molecule is CC1OCCC1Nc1ncc([N+](=O)[O-])cc1C#N. The van der Waals surface area contributed by atoms with E-state index in [2.05, 4.69) is 10.3 Å². The number of nitro groups is 1. The number of anilines is 1. The van der Waals surface area contributed by atoms with Crippen LogP contribution in [-0.2, 0) is 4.74 Å². The topological polar surface area (TPSA) is 101 Å². The average Bonchev–Trinajstić information content (AvgIpc) is 2.75. The summed E-state index contributed by atoms with van der Waals surface area (Å²) in [4.78, 5) is 14.0. The lowest BCUT2D eigenvalue weighted by molar-refractivity contribution is -0.385. The lowest BCUT2D eigenvalue weighted by atomic mass is 10.1. The number of ether oxygens (including phenoxy) is 1. The molecule has 2 rings (SSSR count). The van der Waals surface area contributed by atoms with Crippen LogP contribution in [0.4, 0.5) is 11.5 Å². The first-order chi connectivity index (χ1) is 8.61. The molecule has 0 amide bonds. The van der Waals surface area contributed by atoms with Crippen molar-refractivity contribution in [1.82, 2.24) is 4.98 Å². The summed E-state index contributed by atoms with van der Waals surface area (Å²) in [7, 11) is 0. The fraction of sp³-hybridized carbons (Fsp3) is 0.455.